The van der Waals surface area contributed by atoms with E-state index in [-0.39, 0.29) is 17.3 Å². The lowest BCUT2D eigenvalue weighted by atomic mass is 9.78. The highest BCUT2D eigenvalue weighted by Gasteiger charge is 2.37. The zero-order valence-electron chi connectivity index (χ0n) is 22.4. The van der Waals surface area contributed by atoms with E-state index in [1.807, 2.05) is 12.3 Å². The molecule has 4 aromatic rings. The van der Waals surface area contributed by atoms with Gasteiger partial charge in [0.2, 0.25) is 5.95 Å². The molecule has 1 aliphatic heterocycles. The van der Waals surface area contributed by atoms with E-state index in [0.717, 1.165) is 61.2 Å². The first-order chi connectivity index (χ1) is 18.8. The Morgan fingerprint density at radius 1 is 1.05 bits per heavy atom. The molecule has 1 aliphatic carbocycles. The Labute approximate surface area is 226 Å². The van der Waals surface area contributed by atoms with Crippen molar-refractivity contribution in [2.45, 2.75) is 51.5 Å². The molecular weight excluding hydrogens is 498 g/mol. The first-order valence-electron chi connectivity index (χ1n) is 13.4. The summed E-state index contributed by atoms with van der Waals surface area (Å²) < 4.78 is 27.8. The maximum Gasteiger partial charge on any atom is 0.214 e. The van der Waals surface area contributed by atoms with Gasteiger partial charge in [-0.15, -0.1) is 0 Å². The zero-order chi connectivity index (χ0) is 27.1. The second kappa shape index (κ2) is 10.1. The summed E-state index contributed by atoms with van der Waals surface area (Å²) >= 11 is 0. The Balaban J connectivity index is 1.46. The minimum Gasteiger partial charge on any atom is -0.355 e. The van der Waals surface area contributed by atoms with E-state index in [1.54, 1.807) is 18.5 Å². The predicted molar refractivity (Wildman–Crippen MR) is 148 cm³/mol. The summed E-state index contributed by atoms with van der Waals surface area (Å²) in [6.07, 6.45) is 9.90. The van der Waals surface area contributed by atoms with Gasteiger partial charge >= 0.3 is 0 Å². The van der Waals surface area contributed by atoms with Crippen molar-refractivity contribution < 1.29 is 8.78 Å². The maximum atomic E-state index is 14.2. The van der Waals surface area contributed by atoms with E-state index >= 15 is 0 Å². The van der Waals surface area contributed by atoms with Crippen LogP contribution in [-0.4, -0.2) is 51.1 Å². The molecule has 202 valence electrons. The highest BCUT2D eigenvalue weighted by atomic mass is 19.1. The van der Waals surface area contributed by atoms with Crippen LogP contribution in [0.15, 0.2) is 42.9 Å². The summed E-state index contributed by atoms with van der Waals surface area (Å²) in [4.78, 5) is 24.8. The fourth-order valence-corrected chi connectivity index (χ4v) is 5.79. The number of nitrogens with zero attached hydrogens (tertiary/aromatic N) is 6. The fraction of sp³-hybridized carbons (Fsp3) is 0.414. The topological polar surface area (TPSA) is 91.8 Å². The average Bonchev–Trinajstić information content (AvgIpc) is 2.89. The number of aromatic nitrogens is 5. The summed E-state index contributed by atoms with van der Waals surface area (Å²) in [6.45, 7) is 6.47. The summed E-state index contributed by atoms with van der Waals surface area (Å²) in [5.41, 5.74) is 2.74. The molecule has 4 aromatic heterocycles. The molecule has 1 saturated carbocycles. The van der Waals surface area contributed by atoms with Gasteiger partial charge in [-0.3, -0.25) is 4.98 Å². The third kappa shape index (κ3) is 4.89. The molecule has 0 radical (unpaired) electrons. The summed E-state index contributed by atoms with van der Waals surface area (Å²) in [5, 5.41) is 7.37. The molecule has 0 aromatic carbocycles. The molecule has 5 heterocycles. The first kappa shape index (κ1) is 25.5. The van der Waals surface area contributed by atoms with E-state index < -0.39 is 11.8 Å². The third-order valence-corrected chi connectivity index (χ3v) is 8.12. The van der Waals surface area contributed by atoms with Crippen molar-refractivity contribution in [3.8, 4) is 11.4 Å². The Morgan fingerprint density at radius 3 is 2.67 bits per heavy atom. The lowest BCUT2D eigenvalue weighted by molar-refractivity contribution is 0.215. The number of hydrogen-bond donors (Lipinski definition) is 2. The standard InChI is InChI=1S/C29H32F2N8/c1-29(2)16-32-11-10-22(29)39(3)28-25-19(17-5-4-6-17)14-33-15-21(25)35-26(38-28)18-9-12-34-24(13-18)37-27-20(30)7-8-23(31)36-27/h7-9,12-15,17,22,32H,4-6,10-11,16H2,1-3H3,(H,34,36,37). The van der Waals surface area contributed by atoms with E-state index in [4.69, 9.17) is 9.97 Å². The number of piperidine rings is 1. The van der Waals surface area contributed by atoms with Gasteiger partial charge in [0.15, 0.2) is 17.5 Å². The van der Waals surface area contributed by atoms with Crippen LogP contribution >= 0.6 is 0 Å². The molecule has 1 atom stereocenters. The van der Waals surface area contributed by atoms with Crippen molar-refractivity contribution in [3.05, 3.63) is 60.2 Å². The summed E-state index contributed by atoms with van der Waals surface area (Å²) in [5.74, 6) is 0.496. The molecule has 6 rings (SSSR count). The predicted octanol–water partition coefficient (Wildman–Crippen LogP) is 5.60. The van der Waals surface area contributed by atoms with Gasteiger partial charge in [0.1, 0.15) is 11.6 Å². The number of nitrogens with one attached hydrogen (secondary N) is 2. The Morgan fingerprint density at radius 2 is 1.90 bits per heavy atom. The molecule has 1 saturated heterocycles. The molecule has 2 aliphatic rings. The molecule has 0 amide bonds. The van der Waals surface area contributed by atoms with Crippen LogP contribution in [0.2, 0.25) is 0 Å². The van der Waals surface area contributed by atoms with E-state index in [2.05, 4.69) is 51.4 Å². The van der Waals surface area contributed by atoms with Crippen LogP contribution in [0.5, 0.6) is 0 Å². The quantitative estimate of drug-likeness (QED) is 0.312. The Bertz CT molecular complexity index is 1520. The van der Waals surface area contributed by atoms with Gasteiger partial charge in [0, 0.05) is 43.0 Å². The maximum absolute atomic E-state index is 14.2. The zero-order valence-corrected chi connectivity index (χ0v) is 22.4. The Hall–Kier alpha value is -3.79. The molecule has 2 fully saturated rings. The smallest absolute Gasteiger partial charge is 0.214 e. The summed E-state index contributed by atoms with van der Waals surface area (Å²) in [6, 6.07) is 5.81. The monoisotopic (exact) mass is 530 g/mol. The van der Waals surface area contributed by atoms with Gasteiger partial charge < -0.3 is 15.5 Å². The number of pyridine rings is 3. The van der Waals surface area contributed by atoms with Crippen LogP contribution in [0.4, 0.5) is 26.2 Å². The number of halogens is 2. The number of anilines is 3. The van der Waals surface area contributed by atoms with Crippen LogP contribution in [0, 0.1) is 17.2 Å². The van der Waals surface area contributed by atoms with Crippen LogP contribution < -0.4 is 15.5 Å². The molecule has 0 spiro atoms. The third-order valence-electron chi connectivity index (χ3n) is 8.12. The first-order valence-corrected chi connectivity index (χ1v) is 13.4. The highest BCUT2D eigenvalue weighted by molar-refractivity contribution is 5.94. The van der Waals surface area contributed by atoms with E-state index in [0.29, 0.717) is 23.1 Å². The Kier molecular flexibility index (Phi) is 6.58. The van der Waals surface area contributed by atoms with E-state index in [1.165, 1.54) is 12.0 Å². The normalized spacial score (nSPS) is 19.1. The SMILES string of the molecule is CN(c1nc(-c2ccnc(Nc3nc(F)ccc3F)c2)nc2cncc(C3CCC3)c12)C1CCNCC1(C)C. The van der Waals surface area contributed by atoms with Gasteiger partial charge in [-0.25, -0.2) is 19.3 Å². The lowest BCUT2D eigenvalue weighted by Gasteiger charge is -2.45. The van der Waals surface area contributed by atoms with Gasteiger partial charge in [-0.2, -0.15) is 9.37 Å². The van der Waals surface area contributed by atoms with Crippen LogP contribution in [0.25, 0.3) is 22.3 Å². The number of rotatable bonds is 6. The van der Waals surface area contributed by atoms with Crippen molar-refractivity contribution in [1.82, 2.24) is 30.2 Å². The summed E-state index contributed by atoms with van der Waals surface area (Å²) in [7, 11) is 2.13. The molecule has 39 heavy (non-hydrogen) atoms. The van der Waals surface area contributed by atoms with Gasteiger partial charge in [0.25, 0.3) is 0 Å². The lowest BCUT2D eigenvalue weighted by Crippen LogP contribution is -2.53. The van der Waals surface area contributed by atoms with Crippen molar-refractivity contribution in [1.29, 1.82) is 0 Å². The molecule has 8 nitrogen and oxygen atoms in total. The molecule has 2 N–H and O–H groups in total. The second-order valence-electron chi connectivity index (χ2n) is 11.2. The molecule has 0 bridgehead atoms. The van der Waals surface area contributed by atoms with Gasteiger partial charge in [-0.05, 0) is 67.0 Å². The minimum absolute atomic E-state index is 0.0455. The van der Waals surface area contributed by atoms with Crippen molar-refractivity contribution >= 4 is 28.4 Å². The van der Waals surface area contributed by atoms with Crippen LogP contribution in [0.3, 0.4) is 0 Å². The second-order valence-corrected chi connectivity index (χ2v) is 11.2. The fourth-order valence-electron chi connectivity index (χ4n) is 5.79. The molecular formula is C29H32F2N8. The molecule has 10 heteroatoms. The van der Waals surface area contributed by atoms with Gasteiger partial charge in [0.05, 0.1) is 11.7 Å². The van der Waals surface area contributed by atoms with E-state index in [9.17, 15) is 8.78 Å². The average molecular weight is 531 g/mol. The van der Waals surface area contributed by atoms with Crippen LogP contribution in [-0.2, 0) is 0 Å². The van der Waals surface area contributed by atoms with Crippen LogP contribution in [0.1, 0.15) is 51.0 Å². The number of fused-ring (bicyclic) bond motifs is 1. The number of hydrogen-bond acceptors (Lipinski definition) is 8. The van der Waals surface area contributed by atoms with Gasteiger partial charge in [-0.1, -0.05) is 20.3 Å². The van der Waals surface area contributed by atoms with Crippen molar-refractivity contribution in [2.75, 3.05) is 30.4 Å². The highest BCUT2D eigenvalue weighted by Crippen LogP contribution is 2.43. The molecule has 1 unspecified atom stereocenters. The minimum atomic E-state index is -0.781. The van der Waals surface area contributed by atoms with Crippen molar-refractivity contribution in [2.24, 2.45) is 5.41 Å². The van der Waals surface area contributed by atoms with Crippen molar-refractivity contribution in [3.63, 3.8) is 0 Å². The largest absolute Gasteiger partial charge is 0.355 e.